The third-order valence-corrected chi connectivity index (χ3v) is 9.03. The molecule has 4 rings (SSSR count). The molecule has 2 atom stereocenters. The van der Waals surface area contributed by atoms with Gasteiger partial charge in [0, 0.05) is 13.7 Å². The van der Waals surface area contributed by atoms with Gasteiger partial charge in [0.1, 0.15) is 10.4 Å². The molecule has 1 aliphatic carbocycles. The summed E-state index contributed by atoms with van der Waals surface area (Å²) in [7, 11) is 1.67. The van der Waals surface area contributed by atoms with E-state index in [9.17, 15) is 21.6 Å². The van der Waals surface area contributed by atoms with Gasteiger partial charge in [0.05, 0.1) is 41.1 Å². The monoisotopic (exact) mass is 588 g/mol. The van der Waals surface area contributed by atoms with Crippen LogP contribution in [0.1, 0.15) is 12.8 Å². The van der Waals surface area contributed by atoms with Crippen LogP contribution in [0.4, 0.5) is 18.3 Å². The van der Waals surface area contributed by atoms with Crippen LogP contribution in [0.25, 0.3) is 10.2 Å². The number of hydrogen-bond acceptors (Lipinski definition) is 9. The molecule has 1 saturated carbocycles. The quantitative estimate of drug-likeness (QED) is 0.426. The predicted molar refractivity (Wildman–Crippen MR) is 133 cm³/mol. The fourth-order valence-corrected chi connectivity index (χ4v) is 6.84. The van der Waals surface area contributed by atoms with E-state index in [1.807, 2.05) is 25.1 Å². The summed E-state index contributed by atoms with van der Waals surface area (Å²) < 4.78 is 72.6. The lowest BCUT2D eigenvalue weighted by atomic mass is 9.82. The molecule has 1 aromatic carbocycles. The first kappa shape index (κ1) is 29.8. The van der Waals surface area contributed by atoms with E-state index in [-0.39, 0.29) is 22.0 Å². The highest BCUT2D eigenvalue weighted by atomic mass is 35.5. The molecule has 2 aromatic rings. The molecule has 1 aromatic heterocycles. The van der Waals surface area contributed by atoms with Gasteiger partial charge in [0.2, 0.25) is 10.0 Å². The molecule has 2 fully saturated rings. The van der Waals surface area contributed by atoms with Crippen LogP contribution < -0.4 is 10.0 Å². The van der Waals surface area contributed by atoms with Crippen molar-refractivity contribution in [1.29, 1.82) is 0 Å². The van der Waals surface area contributed by atoms with Gasteiger partial charge in [-0.15, -0.1) is 0 Å². The van der Waals surface area contributed by atoms with Crippen molar-refractivity contribution in [3.05, 3.63) is 17.2 Å². The number of methoxy groups -OCH3 is 1. The Labute approximate surface area is 221 Å². The number of alkyl halides is 3. The van der Waals surface area contributed by atoms with Crippen LogP contribution >= 0.6 is 22.9 Å². The van der Waals surface area contributed by atoms with Crippen LogP contribution in [0.15, 0.2) is 17.0 Å². The number of nitrogens with zero attached hydrogens (tertiary/aromatic N) is 2. The van der Waals surface area contributed by atoms with Crippen LogP contribution in [-0.2, 0) is 24.3 Å². The number of benzene rings is 1. The largest absolute Gasteiger partial charge is 0.490 e. The number of carboxylic acids is 1. The predicted octanol–water partition coefficient (Wildman–Crippen LogP) is 3.03. The minimum atomic E-state index is -5.08. The Morgan fingerprint density at radius 2 is 1.97 bits per heavy atom. The Bertz CT molecular complexity index is 1200. The number of thiazole rings is 1. The van der Waals surface area contributed by atoms with E-state index >= 15 is 0 Å². The minimum Gasteiger partial charge on any atom is -0.475 e. The van der Waals surface area contributed by atoms with Gasteiger partial charge in [0.25, 0.3) is 0 Å². The maximum Gasteiger partial charge on any atom is 0.490 e. The van der Waals surface area contributed by atoms with Gasteiger partial charge in [-0.25, -0.2) is 22.9 Å². The first-order valence-electron chi connectivity index (χ1n) is 11.1. The van der Waals surface area contributed by atoms with Crippen LogP contribution in [-0.4, -0.2) is 94.7 Å². The highest BCUT2D eigenvalue weighted by Crippen LogP contribution is 2.36. The summed E-state index contributed by atoms with van der Waals surface area (Å²) in [4.78, 5) is 15.5. The molecular weight excluding hydrogens is 561 g/mol. The van der Waals surface area contributed by atoms with Crippen molar-refractivity contribution >= 4 is 54.3 Å². The zero-order chi connectivity index (χ0) is 27.5. The molecule has 1 aliphatic heterocycles. The van der Waals surface area contributed by atoms with E-state index in [1.54, 1.807) is 13.2 Å². The number of hydrogen-bond donors (Lipinski definition) is 3. The summed E-state index contributed by atoms with van der Waals surface area (Å²) in [6.45, 7) is 1.59. The van der Waals surface area contributed by atoms with Crippen LogP contribution in [0, 0.1) is 5.92 Å². The molecule has 0 spiro atoms. The Kier molecular flexibility index (Phi) is 9.64. The normalized spacial score (nSPS) is 24.0. The van der Waals surface area contributed by atoms with E-state index in [0.717, 1.165) is 24.1 Å². The van der Waals surface area contributed by atoms with Gasteiger partial charge in [0.15, 0.2) is 5.13 Å². The van der Waals surface area contributed by atoms with E-state index < -0.39 is 22.2 Å². The van der Waals surface area contributed by atoms with Crippen LogP contribution in [0.3, 0.4) is 0 Å². The van der Waals surface area contributed by atoms with Gasteiger partial charge < -0.3 is 24.8 Å². The Morgan fingerprint density at radius 3 is 2.54 bits per heavy atom. The molecule has 0 unspecified atom stereocenters. The zero-order valence-electron chi connectivity index (χ0n) is 20.2. The lowest BCUT2D eigenvalue weighted by Gasteiger charge is -2.34. The molecule has 0 radical (unpaired) electrons. The number of aliphatic carboxylic acids is 1. The number of nitrogens with one attached hydrogen (secondary N) is 2. The first-order chi connectivity index (χ1) is 17.2. The van der Waals surface area contributed by atoms with Crippen molar-refractivity contribution in [2.24, 2.45) is 5.92 Å². The molecule has 2 aliphatic rings. The highest BCUT2D eigenvalue weighted by molar-refractivity contribution is 7.90. The average Bonchev–Trinajstić information content (AvgIpc) is 3.38. The summed E-state index contributed by atoms with van der Waals surface area (Å²) in [5.41, 5.74) is 0.395. The minimum absolute atomic E-state index is 0.0264. The maximum atomic E-state index is 13.3. The number of ether oxygens (including phenoxy) is 2. The number of aromatic nitrogens is 1. The number of halogens is 4. The van der Waals surface area contributed by atoms with Gasteiger partial charge in [-0.3, -0.25) is 0 Å². The standard InChI is InChI=1S/C19H27ClN4O4S2.C2HF3O2/c1-24(2)15-10-28-9-14(15)23-30(25,26)18-13(20)4-5-16-17(18)22-19(29-16)21-8-11-6-12(7-11)27-3;3-2(4,5)1(6)7/h4-5,11-12,14-15,23H,6-10H2,1-3H3,(H,21,22);(H,6,7)/t11?,12?,14-,15-;/m1./s1. The van der Waals surface area contributed by atoms with E-state index in [0.29, 0.717) is 35.9 Å². The number of carbonyl (C=O) groups is 1. The Balaban J connectivity index is 0.000000479. The molecule has 2 heterocycles. The smallest absolute Gasteiger partial charge is 0.475 e. The van der Waals surface area contributed by atoms with Gasteiger partial charge >= 0.3 is 12.1 Å². The molecule has 10 nitrogen and oxygen atoms in total. The third kappa shape index (κ3) is 7.43. The van der Waals surface area contributed by atoms with Crippen molar-refractivity contribution in [3.63, 3.8) is 0 Å². The van der Waals surface area contributed by atoms with Crippen molar-refractivity contribution < 1.29 is 41.0 Å². The lowest BCUT2D eigenvalue weighted by molar-refractivity contribution is -0.192. The van der Waals surface area contributed by atoms with Gasteiger partial charge in [-0.2, -0.15) is 13.2 Å². The first-order valence-corrected chi connectivity index (χ1v) is 13.8. The number of sulfonamides is 1. The topological polar surface area (TPSA) is 130 Å². The Hall–Kier alpha value is -1.75. The number of rotatable bonds is 8. The summed E-state index contributed by atoms with van der Waals surface area (Å²) in [5.74, 6) is -2.21. The number of likely N-dealkylation sites (N-methyl/N-ethyl adjacent to an activating group) is 1. The van der Waals surface area contributed by atoms with Crippen LogP contribution in [0.5, 0.6) is 0 Å². The highest BCUT2D eigenvalue weighted by Gasteiger charge is 2.38. The summed E-state index contributed by atoms with van der Waals surface area (Å²) in [6, 6.07) is 3.04. The van der Waals surface area contributed by atoms with E-state index in [4.69, 9.17) is 31.0 Å². The number of carboxylic acid groups (broad SMARTS) is 1. The fourth-order valence-electron chi connectivity index (χ4n) is 3.96. The maximum absolute atomic E-state index is 13.3. The van der Waals surface area contributed by atoms with Crippen LogP contribution in [0.2, 0.25) is 5.02 Å². The van der Waals surface area contributed by atoms with Gasteiger partial charge in [-0.05, 0) is 45.0 Å². The molecule has 37 heavy (non-hydrogen) atoms. The van der Waals surface area contributed by atoms with Crippen molar-refractivity contribution in [1.82, 2.24) is 14.6 Å². The molecule has 208 valence electrons. The molecule has 16 heteroatoms. The molecule has 3 N–H and O–H groups in total. The summed E-state index contributed by atoms with van der Waals surface area (Å²) >= 11 is 7.77. The number of fused-ring (bicyclic) bond motifs is 1. The second-order valence-electron chi connectivity index (χ2n) is 8.92. The molecular formula is C21H28ClF3N4O6S2. The van der Waals surface area contributed by atoms with Gasteiger partial charge in [-0.1, -0.05) is 22.9 Å². The molecule has 0 amide bonds. The summed E-state index contributed by atoms with van der Waals surface area (Å²) in [6.07, 6.45) is -2.68. The zero-order valence-corrected chi connectivity index (χ0v) is 22.6. The number of anilines is 1. The second-order valence-corrected chi connectivity index (χ2v) is 12.0. The van der Waals surface area contributed by atoms with E-state index in [1.165, 1.54) is 11.3 Å². The SMILES string of the molecule is COC1CC(CNc2nc3c(S(=O)(=O)N[C@@H]4COC[C@H]4N(C)C)c(Cl)ccc3s2)C1.O=C(O)C(F)(F)F. The van der Waals surface area contributed by atoms with E-state index in [2.05, 4.69) is 15.0 Å². The third-order valence-electron chi connectivity index (χ3n) is 6.07. The fraction of sp³-hybridized carbons (Fsp3) is 0.619. The lowest BCUT2D eigenvalue weighted by Crippen LogP contribution is -2.48. The second kappa shape index (κ2) is 12.0. The Morgan fingerprint density at radius 1 is 1.32 bits per heavy atom. The van der Waals surface area contributed by atoms with Crippen molar-refractivity contribution in [2.75, 3.05) is 46.3 Å². The van der Waals surface area contributed by atoms with Crippen molar-refractivity contribution in [2.45, 2.75) is 42.1 Å². The molecule has 0 bridgehead atoms. The van der Waals surface area contributed by atoms with Crippen molar-refractivity contribution in [3.8, 4) is 0 Å². The molecule has 1 saturated heterocycles. The summed E-state index contributed by atoms with van der Waals surface area (Å²) in [5, 5.41) is 11.3. The average molecular weight is 589 g/mol.